The Balaban J connectivity index is 1.42. The van der Waals surface area contributed by atoms with Crippen molar-refractivity contribution in [3.05, 3.63) is 42.2 Å². The second-order valence-corrected chi connectivity index (χ2v) is 6.48. The highest BCUT2D eigenvalue weighted by Crippen LogP contribution is 2.12. The van der Waals surface area contributed by atoms with E-state index in [4.69, 9.17) is 4.74 Å². The average molecular weight is 358 g/mol. The smallest absolute Gasteiger partial charge is 0.243 e. The Morgan fingerprint density at radius 3 is 2.58 bits per heavy atom. The van der Waals surface area contributed by atoms with Gasteiger partial charge in [0.1, 0.15) is 0 Å². The summed E-state index contributed by atoms with van der Waals surface area (Å²) in [5, 5.41) is 6.01. The molecule has 3 rings (SSSR count). The summed E-state index contributed by atoms with van der Waals surface area (Å²) >= 11 is 0. The van der Waals surface area contributed by atoms with E-state index in [1.165, 1.54) is 0 Å². The maximum atomic E-state index is 12.2. The Labute approximate surface area is 154 Å². The number of ether oxygens (including phenoxy) is 1. The summed E-state index contributed by atoms with van der Waals surface area (Å²) < 4.78 is 5.27. The van der Waals surface area contributed by atoms with Gasteiger partial charge in [0.25, 0.3) is 0 Å². The summed E-state index contributed by atoms with van der Waals surface area (Å²) in [5.41, 5.74) is 1.87. The molecule has 2 aliphatic rings. The van der Waals surface area contributed by atoms with Crippen LogP contribution in [-0.2, 0) is 20.7 Å². The standard InChI is InChI=1S/C19H26N4O3/c24-18(15-22-9-7-20-8-10-22)21-17-4-1-16(2-5-17)3-6-19(25)23-11-13-26-14-12-23/h1-2,4-5,7,9,20H,3,6,8,10-15H2,(H,21,24). The average Bonchev–Trinajstić information content (AvgIpc) is 2.68. The Morgan fingerprint density at radius 2 is 1.88 bits per heavy atom. The van der Waals surface area contributed by atoms with Crippen molar-refractivity contribution in [2.24, 2.45) is 0 Å². The molecule has 0 radical (unpaired) electrons. The minimum Gasteiger partial charge on any atom is -0.388 e. The van der Waals surface area contributed by atoms with Crippen molar-refractivity contribution in [1.29, 1.82) is 0 Å². The van der Waals surface area contributed by atoms with Gasteiger partial charge in [-0.05, 0) is 24.1 Å². The number of carbonyl (C=O) groups is 2. The SMILES string of the molecule is O=C(CN1C=CNCC1)Nc1ccc(CCC(=O)N2CCOCC2)cc1. The summed E-state index contributed by atoms with van der Waals surface area (Å²) in [6.45, 7) is 4.64. The summed E-state index contributed by atoms with van der Waals surface area (Å²) in [6, 6.07) is 7.71. The van der Waals surface area contributed by atoms with Crippen molar-refractivity contribution < 1.29 is 14.3 Å². The van der Waals surface area contributed by atoms with E-state index in [0.29, 0.717) is 45.7 Å². The molecule has 7 nitrogen and oxygen atoms in total. The highest BCUT2D eigenvalue weighted by Gasteiger charge is 2.16. The van der Waals surface area contributed by atoms with Crippen LogP contribution < -0.4 is 10.6 Å². The first kappa shape index (κ1) is 18.3. The molecule has 0 aromatic heterocycles. The lowest BCUT2D eigenvalue weighted by Crippen LogP contribution is -2.40. The molecule has 0 bridgehead atoms. The number of aryl methyl sites for hydroxylation is 1. The molecule has 140 valence electrons. The fourth-order valence-electron chi connectivity index (χ4n) is 3.02. The normalized spacial score (nSPS) is 16.9. The third-order valence-electron chi connectivity index (χ3n) is 4.52. The number of morpholine rings is 1. The molecule has 2 aliphatic heterocycles. The Kier molecular flexibility index (Phi) is 6.49. The van der Waals surface area contributed by atoms with Gasteiger partial charge in [-0.2, -0.15) is 0 Å². The van der Waals surface area contributed by atoms with E-state index < -0.39 is 0 Å². The maximum absolute atomic E-state index is 12.2. The highest BCUT2D eigenvalue weighted by molar-refractivity contribution is 5.92. The monoisotopic (exact) mass is 358 g/mol. The number of hydrogen-bond acceptors (Lipinski definition) is 5. The molecule has 7 heteroatoms. The van der Waals surface area contributed by atoms with Crippen LogP contribution in [0, 0.1) is 0 Å². The van der Waals surface area contributed by atoms with Gasteiger partial charge in [-0.25, -0.2) is 0 Å². The molecular formula is C19H26N4O3. The van der Waals surface area contributed by atoms with Crippen LogP contribution in [0.2, 0.25) is 0 Å². The lowest BCUT2D eigenvalue weighted by molar-refractivity contribution is -0.135. The molecule has 0 aliphatic carbocycles. The predicted octanol–water partition coefficient (Wildman–Crippen LogP) is 0.793. The lowest BCUT2D eigenvalue weighted by Gasteiger charge is -2.26. The van der Waals surface area contributed by atoms with Crippen molar-refractivity contribution in [2.45, 2.75) is 12.8 Å². The number of amides is 2. The number of nitrogens with zero attached hydrogens (tertiary/aromatic N) is 2. The fraction of sp³-hybridized carbons (Fsp3) is 0.474. The number of anilines is 1. The van der Waals surface area contributed by atoms with Crippen LogP contribution in [0.1, 0.15) is 12.0 Å². The minimum absolute atomic E-state index is 0.0354. The molecular weight excluding hydrogens is 332 g/mol. The molecule has 0 unspecified atom stereocenters. The van der Waals surface area contributed by atoms with E-state index in [1.807, 2.05) is 46.5 Å². The van der Waals surface area contributed by atoms with Crippen molar-refractivity contribution in [3.8, 4) is 0 Å². The van der Waals surface area contributed by atoms with E-state index in [-0.39, 0.29) is 11.8 Å². The van der Waals surface area contributed by atoms with Gasteiger partial charge in [-0.15, -0.1) is 0 Å². The fourth-order valence-corrected chi connectivity index (χ4v) is 3.02. The summed E-state index contributed by atoms with van der Waals surface area (Å²) in [6.07, 6.45) is 4.94. The third-order valence-corrected chi connectivity index (χ3v) is 4.52. The molecule has 26 heavy (non-hydrogen) atoms. The Hall–Kier alpha value is -2.54. The van der Waals surface area contributed by atoms with E-state index in [1.54, 1.807) is 0 Å². The van der Waals surface area contributed by atoms with Gasteiger partial charge < -0.3 is 25.2 Å². The topological polar surface area (TPSA) is 73.9 Å². The van der Waals surface area contributed by atoms with E-state index >= 15 is 0 Å². The van der Waals surface area contributed by atoms with Crippen LogP contribution >= 0.6 is 0 Å². The zero-order valence-corrected chi connectivity index (χ0v) is 14.9. The van der Waals surface area contributed by atoms with Crippen molar-refractivity contribution in [3.63, 3.8) is 0 Å². The molecule has 0 saturated carbocycles. The summed E-state index contributed by atoms with van der Waals surface area (Å²) in [4.78, 5) is 28.1. The van der Waals surface area contributed by atoms with Crippen LogP contribution in [0.5, 0.6) is 0 Å². The predicted molar refractivity (Wildman–Crippen MR) is 99.5 cm³/mol. The molecule has 2 N–H and O–H groups in total. The van der Waals surface area contributed by atoms with Gasteiger partial charge in [-0.3, -0.25) is 9.59 Å². The quantitative estimate of drug-likeness (QED) is 0.787. The van der Waals surface area contributed by atoms with Crippen LogP contribution in [-0.4, -0.2) is 67.6 Å². The molecule has 1 aromatic rings. The number of rotatable bonds is 6. The van der Waals surface area contributed by atoms with Gasteiger partial charge in [0.15, 0.2) is 0 Å². The number of carbonyl (C=O) groups excluding carboxylic acids is 2. The highest BCUT2D eigenvalue weighted by atomic mass is 16.5. The molecule has 1 fully saturated rings. The van der Waals surface area contributed by atoms with Gasteiger partial charge in [0.2, 0.25) is 11.8 Å². The molecule has 0 spiro atoms. The van der Waals surface area contributed by atoms with Crippen LogP contribution in [0.3, 0.4) is 0 Å². The zero-order chi connectivity index (χ0) is 18.2. The number of hydrogen-bond donors (Lipinski definition) is 2. The molecule has 0 atom stereocenters. The van der Waals surface area contributed by atoms with Crippen LogP contribution in [0.25, 0.3) is 0 Å². The van der Waals surface area contributed by atoms with E-state index in [0.717, 1.165) is 24.3 Å². The van der Waals surface area contributed by atoms with Crippen LogP contribution in [0.15, 0.2) is 36.7 Å². The van der Waals surface area contributed by atoms with E-state index in [9.17, 15) is 9.59 Å². The Bertz CT molecular complexity index is 639. The molecule has 2 amide bonds. The van der Waals surface area contributed by atoms with Crippen molar-refractivity contribution >= 4 is 17.5 Å². The van der Waals surface area contributed by atoms with E-state index in [2.05, 4.69) is 10.6 Å². The van der Waals surface area contributed by atoms with Crippen molar-refractivity contribution in [1.82, 2.24) is 15.1 Å². The first-order valence-corrected chi connectivity index (χ1v) is 9.09. The molecule has 1 aromatic carbocycles. The van der Waals surface area contributed by atoms with Gasteiger partial charge in [-0.1, -0.05) is 12.1 Å². The molecule has 2 heterocycles. The van der Waals surface area contributed by atoms with Crippen molar-refractivity contribution in [2.75, 3.05) is 51.3 Å². The zero-order valence-electron chi connectivity index (χ0n) is 14.9. The summed E-state index contributed by atoms with van der Waals surface area (Å²) in [5.74, 6) is 0.140. The lowest BCUT2D eigenvalue weighted by atomic mass is 10.1. The largest absolute Gasteiger partial charge is 0.388 e. The molecule has 1 saturated heterocycles. The second kappa shape index (κ2) is 9.24. The third kappa shape index (κ3) is 5.49. The Morgan fingerprint density at radius 1 is 1.12 bits per heavy atom. The number of nitrogens with one attached hydrogen (secondary N) is 2. The second-order valence-electron chi connectivity index (χ2n) is 6.48. The van der Waals surface area contributed by atoms with Gasteiger partial charge in [0, 0.05) is 50.7 Å². The van der Waals surface area contributed by atoms with Gasteiger partial charge >= 0.3 is 0 Å². The summed E-state index contributed by atoms with van der Waals surface area (Å²) in [7, 11) is 0. The van der Waals surface area contributed by atoms with Crippen LogP contribution in [0.4, 0.5) is 5.69 Å². The first-order valence-electron chi connectivity index (χ1n) is 9.09. The first-order chi connectivity index (χ1) is 12.7. The minimum atomic E-state index is -0.0354. The van der Waals surface area contributed by atoms with Gasteiger partial charge in [0.05, 0.1) is 19.8 Å². The number of benzene rings is 1. The maximum Gasteiger partial charge on any atom is 0.243 e.